The van der Waals surface area contributed by atoms with Crippen LogP contribution in [0.5, 0.6) is 0 Å². The number of aliphatic hydroxyl groups is 1. The highest BCUT2D eigenvalue weighted by atomic mass is 31.2. The second kappa shape index (κ2) is 25.2. The maximum absolute atomic E-state index is 11.7. The monoisotopic (exact) mass is 559 g/mol. The number of aliphatic hydroxyl groups excluding tert-OH is 1. The maximum Gasteiger partial charge on any atom is 0.268 e. The fourth-order valence-corrected chi connectivity index (χ4v) is 4.28. The highest BCUT2D eigenvalue weighted by Crippen LogP contribution is 2.38. The van der Waals surface area contributed by atoms with Crippen molar-refractivity contribution in [2.75, 3.05) is 54.1 Å². The average molecular weight is 560 g/mol. The van der Waals surface area contributed by atoms with Crippen LogP contribution in [0.4, 0.5) is 0 Å². The first kappa shape index (κ1) is 37.2. The molecule has 0 aromatic carbocycles. The van der Waals surface area contributed by atoms with Crippen molar-refractivity contribution in [3.05, 3.63) is 36.5 Å². The van der Waals surface area contributed by atoms with Crippen molar-refractivity contribution in [3.8, 4) is 0 Å². The van der Waals surface area contributed by atoms with E-state index in [0.29, 0.717) is 17.6 Å². The van der Waals surface area contributed by atoms with Crippen LogP contribution in [0, 0.1) is 0 Å². The van der Waals surface area contributed by atoms with E-state index in [2.05, 4.69) is 43.4 Å². The first-order valence-electron chi connectivity index (χ1n) is 14.8. The van der Waals surface area contributed by atoms with Crippen LogP contribution in [-0.4, -0.2) is 69.8 Å². The lowest BCUT2D eigenvalue weighted by Crippen LogP contribution is -2.37. The fraction of sp³-hybridized carbons (Fsp3) is 0.800. The van der Waals surface area contributed by atoms with Crippen molar-refractivity contribution in [1.29, 1.82) is 0 Å². The lowest BCUT2D eigenvalue weighted by molar-refractivity contribution is -0.870. The quantitative estimate of drug-likeness (QED) is 0.0520. The first-order valence-corrected chi connectivity index (χ1v) is 16.2. The Morgan fingerprint density at radius 3 is 1.84 bits per heavy atom. The van der Waals surface area contributed by atoms with Crippen LogP contribution in [0.25, 0.3) is 0 Å². The van der Waals surface area contributed by atoms with Gasteiger partial charge in [-0.1, -0.05) is 88.3 Å². The summed E-state index contributed by atoms with van der Waals surface area (Å²) in [6.45, 7) is 3.08. The molecule has 0 aliphatic carbocycles. The van der Waals surface area contributed by atoms with Gasteiger partial charge in [0, 0.05) is 6.61 Å². The smallest absolute Gasteiger partial charge is 0.268 e. The van der Waals surface area contributed by atoms with E-state index in [1.165, 1.54) is 57.8 Å². The number of ether oxygens (including phenoxy) is 1. The minimum atomic E-state index is -4.40. The zero-order valence-electron chi connectivity index (χ0n) is 24.9. The third-order valence-electron chi connectivity index (χ3n) is 5.92. The number of hydrogen-bond acceptors (Lipinski definition) is 6. The second-order valence-electron chi connectivity index (χ2n) is 11.0. The molecule has 0 saturated carbocycles. The van der Waals surface area contributed by atoms with Crippen LogP contribution < -0.4 is 4.89 Å². The first-order chi connectivity index (χ1) is 18.2. The normalized spacial score (nSPS) is 15.2. The Bertz CT molecular complexity index is 660. The summed E-state index contributed by atoms with van der Waals surface area (Å²) in [6.07, 6.45) is 29.3. The van der Waals surface area contributed by atoms with Gasteiger partial charge in [0.2, 0.25) is 0 Å². The molecule has 0 saturated heterocycles. The predicted octanol–water partition coefficient (Wildman–Crippen LogP) is 6.72. The number of hydrogen-bond donors (Lipinski definition) is 1. The van der Waals surface area contributed by atoms with Crippen LogP contribution >= 0.6 is 7.82 Å². The summed E-state index contributed by atoms with van der Waals surface area (Å²) >= 11 is 0. The van der Waals surface area contributed by atoms with Gasteiger partial charge in [-0.05, 0) is 44.9 Å². The number of quaternary nitrogens is 1. The van der Waals surface area contributed by atoms with Gasteiger partial charge in [-0.2, -0.15) is 0 Å². The van der Waals surface area contributed by atoms with E-state index >= 15 is 0 Å². The van der Waals surface area contributed by atoms with Crippen LogP contribution in [0.3, 0.4) is 0 Å². The molecule has 0 heterocycles. The molecule has 0 aromatic heterocycles. The van der Waals surface area contributed by atoms with Crippen molar-refractivity contribution in [1.82, 2.24) is 0 Å². The summed E-state index contributed by atoms with van der Waals surface area (Å²) in [7, 11) is 1.43. The Labute approximate surface area is 234 Å². The van der Waals surface area contributed by atoms with Gasteiger partial charge in [-0.25, -0.2) is 0 Å². The standard InChI is InChI=1S/C30H58NO6P/c1-5-6-7-8-9-10-11-12-13-14-15-16-17-18-19-20-21-22-23-24-26-35-28-30(32)29-37-38(33,34)36-27-25-31(2,3)4/h9-10,12-13,15-16,30,32H,5-8,11,14,17-29H2,1-4H3/b10-9-,13-12-,16-15-. The molecule has 38 heavy (non-hydrogen) atoms. The molecule has 8 heteroatoms. The Balaban J connectivity index is 3.46. The molecule has 7 nitrogen and oxygen atoms in total. The minimum Gasteiger partial charge on any atom is -0.756 e. The largest absolute Gasteiger partial charge is 0.756 e. The molecule has 0 aliphatic rings. The number of allylic oxidation sites excluding steroid dienone is 6. The van der Waals surface area contributed by atoms with Crippen molar-refractivity contribution >= 4 is 7.82 Å². The van der Waals surface area contributed by atoms with E-state index in [1.807, 2.05) is 21.1 Å². The van der Waals surface area contributed by atoms with E-state index < -0.39 is 13.9 Å². The van der Waals surface area contributed by atoms with Crippen LogP contribution in [0.2, 0.25) is 0 Å². The molecule has 2 atom stereocenters. The summed E-state index contributed by atoms with van der Waals surface area (Å²) in [5, 5.41) is 9.85. The van der Waals surface area contributed by atoms with Crippen LogP contribution in [0.15, 0.2) is 36.5 Å². The number of phosphoric acid groups is 1. The summed E-state index contributed by atoms with van der Waals surface area (Å²) in [6, 6.07) is 0. The summed E-state index contributed by atoms with van der Waals surface area (Å²) in [5.41, 5.74) is 0. The van der Waals surface area contributed by atoms with Crippen molar-refractivity contribution in [2.45, 2.75) is 103 Å². The number of rotatable bonds is 27. The lowest BCUT2D eigenvalue weighted by Gasteiger charge is -2.27. The molecular formula is C30H58NO6P. The minimum absolute atomic E-state index is 0.0451. The molecule has 0 rings (SSSR count). The van der Waals surface area contributed by atoms with Gasteiger partial charge in [-0.3, -0.25) is 4.57 Å². The molecule has 0 bridgehead atoms. The Morgan fingerprint density at radius 1 is 0.737 bits per heavy atom. The third-order valence-corrected chi connectivity index (χ3v) is 6.89. The molecule has 0 fully saturated rings. The van der Waals surface area contributed by atoms with Crippen molar-refractivity contribution in [3.63, 3.8) is 0 Å². The highest BCUT2D eigenvalue weighted by Gasteiger charge is 2.15. The summed E-state index contributed by atoms with van der Waals surface area (Å²) in [5.74, 6) is 0. The molecule has 0 amide bonds. The molecule has 1 N–H and O–H groups in total. The Kier molecular flexibility index (Phi) is 24.7. The van der Waals surface area contributed by atoms with Gasteiger partial charge < -0.3 is 28.3 Å². The zero-order valence-corrected chi connectivity index (χ0v) is 25.8. The van der Waals surface area contributed by atoms with Crippen molar-refractivity contribution in [2.24, 2.45) is 0 Å². The van der Waals surface area contributed by atoms with Gasteiger partial charge in [-0.15, -0.1) is 0 Å². The Morgan fingerprint density at radius 2 is 1.26 bits per heavy atom. The molecule has 224 valence electrons. The highest BCUT2D eigenvalue weighted by molar-refractivity contribution is 7.45. The van der Waals surface area contributed by atoms with Crippen molar-refractivity contribution < 1.29 is 32.8 Å². The van der Waals surface area contributed by atoms with Gasteiger partial charge in [0.15, 0.2) is 0 Å². The number of likely N-dealkylation sites (N-methyl/N-ethyl adjacent to an activating group) is 1. The predicted molar refractivity (Wildman–Crippen MR) is 157 cm³/mol. The second-order valence-corrected chi connectivity index (χ2v) is 12.4. The molecule has 0 spiro atoms. The van der Waals surface area contributed by atoms with Crippen LogP contribution in [-0.2, 0) is 18.3 Å². The van der Waals surface area contributed by atoms with E-state index in [9.17, 15) is 14.6 Å². The maximum atomic E-state index is 11.7. The summed E-state index contributed by atoms with van der Waals surface area (Å²) < 4.78 is 27.3. The van der Waals surface area contributed by atoms with Crippen LogP contribution in [0.1, 0.15) is 96.8 Å². The SMILES string of the molecule is CCCCC/C=C\C/C=C\C/C=C\CCCCCCCCCOCC(O)COP(=O)([O-])OCC[N+](C)(C)C. The number of nitrogens with zero attached hydrogens (tertiary/aromatic N) is 1. The van der Waals surface area contributed by atoms with E-state index in [4.69, 9.17) is 13.8 Å². The molecule has 0 aromatic rings. The number of phosphoric ester groups is 1. The van der Waals surface area contributed by atoms with Gasteiger partial charge in [0.1, 0.15) is 19.3 Å². The van der Waals surface area contributed by atoms with Gasteiger partial charge in [0.05, 0.1) is 34.4 Å². The van der Waals surface area contributed by atoms with E-state index in [1.54, 1.807) is 0 Å². The average Bonchev–Trinajstić information content (AvgIpc) is 2.85. The van der Waals surface area contributed by atoms with Gasteiger partial charge >= 0.3 is 0 Å². The fourth-order valence-electron chi connectivity index (χ4n) is 3.55. The van der Waals surface area contributed by atoms with E-state index in [0.717, 1.165) is 32.1 Å². The molecule has 0 aliphatic heterocycles. The Hall–Kier alpha value is -0.790. The number of unbranched alkanes of at least 4 members (excludes halogenated alkanes) is 10. The zero-order chi connectivity index (χ0) is 28.4. The van der Waals surface area contributed by atoms with Gasteiger partial charge in [0.25, 0.3) is 7.82 Å². The summed E-state index contributed by atoms with van der Waals surface area (Å²) in [4.78, 5) is 11.7. The topological polar surface area (TPSA) is 88.0 Å². The lowest BCUT2D eigenvalue weighted by atomic mass is 10.1. The molecule has 2 unspecified atom stereocenters. The molecular weight excluding hydrogens is 501 g/mol. The third kappa shape index (κ3) is 29.8. The molecule has 0 radical (unpaired) electrons. The van der Waals surface area contributed by atoms with E-state index in [-0.39, 0.29) is 19.8 Å².